The zero-order valence-electron chi connectivity index (χ0n) is 21.1. The molecule has 2 heterocycles. The summed E-state index contributed by atoms with van der Waals surface area (Å²) in [6.45, 7) is -1.35. The first-order valence-electron chi connectivity index (χ1n) is 12.2. The smallest absolute Gasteiger partial charge is 0.335 e. The largest absolute Gasteiger partial charge is 0.504 e. The number of allylic oxidation sites excluding steroid dienone is 1. The Kier molecular flexibility index (Phi) is 8.80. The predicted molar refractivity (Wildman–Crippen MR) is 131 cm³/mol. The molecule has 9 atom stereocenters. The Bertz CT molecular complexity index is 1190. The summed E-state index contributed by atoms with van der Waals surface area (Å²) in [5, 5.41) is 70.6. The maximum atomic E-state index is 12.4. The standard InChI is InChI=1S/C26H30O14/c1-36-16-8-12(2-4-15(16)28)3-5-18(29)38-11-26(35)7-6-13-14(23(33)34)10-37-24(19(13)26)40-25-22(32)21(31)20(30)17(9-27)39-25/h2-8,10,13,17,19-22,24-25,27-28,30-32,35H,9,11H2,1H3,(H,33,34)/t13-,17+,19+,20+,21-,22+,24-,25+,26+/m0/s1. The summed E-state index contributed by atoms with van der Waals surface area (Å²) in [4.78, 5) is 24.2. The van der Waals surface area contributed by atoms with Crippen molar-refractivity contribution >= 4 is 18.0 Å². The maximum Gasteiger partial charge on any atom is 0.335 e. The van der Waals surface area contributed by atoms with Crippen molar-refractivity contribution in [1.82, 2.24) is 0 Å². The molecule has 3 aliphatic rings. The van der Waals surface area contributed by atoms with Crippen molar-refractivity contribution in [2.45, 2.75) is 42.6 Å². The van der Waals surface area contributed by atoms with Crippen LogP contribution in [0.5, 0.6) is 11.5 Å². The highest BCUT2D eigenvalue weighted by Gasteiger charge is 2.56. The van der Waals surface area contributed by atoms with Crippen LogP contribution in [0.15, 0.2) is 48.3 Å². The fraction of sp³-hybridized carbons (Fsp3) is 0.462. The summed E-state index contributed by atoms with van der Waals surface area (Å²) >= 11 is 0. The van der Waals surface area contributed by atoms with E-state index in [9.17, 15) is 45.3 Å². The van der Waals surface area contributed by atoms with Crippen LogP contribution in [0.4, 0.5) is 0 Å². The molecule has 14 heteroatoms. The molecule has 2 aliphatic heterocycles. The number of aliphatic hydroxyl groups is 5. The molecule has 1 aliphatic carbocycles. The van der Waals surface area contributed by atoms with Crippen molar-refractivity contribution < 1.29 is 69.0 Å². The number of carbonyl (C=O) groups is 2. The molecule has 1 saturated heterocycles. The highest BCUT2D eigenvalue weighted by Crippen LogP contribution is 2.46. The molecule has 7 N–H and O–H groups in total. The lowest BCUT2D eigenvalue weighted by Crippen LogP contribution is -2.61. The summed E-state index contributed by atoms with van der Waals surface area (Å²) in [6.07, 6.45) is -3.55. The van der Waals surface area contributed by atoms with E-state index in [4.69, 9.17) is 23.7 Å². The predicted octanol–water partition coefficient (Wildman–Crippen LogP) is -1.37. The number of carboxylic acids is 1. The number of phenols is 1. The van der Waals surface area contributed by atoms with Crippen molar-refractivity contribution in [3.63, 3.8) is 0 Å². The van der Waals surface area contributed by atoms with Crippen LogP contribution in [0, 0.1) is 11.8 Å². The summed E-state index contributed by atoms with van der Waals surface area (Å²) in [5.41, 5.74) is -1.71. The first kappa shape index (κ1) is 29.5. The van der Waals surface area contributed by atoms with Crippen molar-refractivity contribution in [3.8, 4) is 11.5 Å². The van der Waals surface area contributed by atoms with E-state index in [1.54, 1.807) is 0 Å². The van der Waals surface area contributed by atoms with Crippen LogP contribution in [0.1, 0.15) is 5.56 Å². The molecule has 14 nitrogen and oxygen atoms in total. The van der Waals surface area contributed by atoms with E-state index < -0.39 is 79.6 Å². The van der Waals surface area contributed by atoms with E-state index in [1.807, 2.05) is 0 Å². The van der Waals surface area contributed by atoms with Gasteiger partial charge in [0.25, 0.3) is 0 Å². The maximum absolute atomic E-state index is 12.4. The van der Waals surface area contributed by atoms with E-state index >= 15 is 0 Å². The molecular weight excluding hydrogens is 536 g/mol. The molecule has 1 aromatic carbocycles. The fourth-order valence-electron chi connectivity index (χ4n) is 4.78. The van der Waals surface area contributed by atoms with Crippen LogP contribution in [-0.4, -0.2) is 111 Å². The van der Waals surface area contributed by atoms with Gasteiger partial charge in [0.1, 0.15) is 36.6 Å². The Morgan fingerprint density at radius 1 is 1.12 bits per heavy atom. The molecule has 4 rings (SSSR count). The minimum absolute atomic E-state index is 0.0861. The normalized spacial score (nSPS) is 35.1. The van der Waals surface area contributed by atoms with Crippen molar-refractivity contribution in [2.75, 3.05) is 20.3 Å². The lowest BCUT2D eigenvalue weighted by Gasteiger charge is -2.44. The minimum Gasteiger partial charge on any atom is -0.504 e. The Morgan fingerprint density at radius 3 is 2.55 bits per heavy atom. The average molecular weight is 567 g/mol. The highest BCUT2D eigenvalue weighted by atomic mass is 16.8. The van der Waals surface area contributed by atoms with Gasteiger partial charge in [-0.2, -0.15) is 0 Å². The molecule has 0 radical (unpaired) electrons. The second kappa shape index (κ2) is 11.9. The SMILES string of the molecule is COc1cc(C=CC(=O)OC[C@]2(O)C=C[C@H]3C(C(=O)O)=CO[C@@H](O[C@H]4O[C@H](CO)[C@@H](O)[C@H](O)[C@H]4O)[C@@H]32)ccc1O. The van der Waals surface area contributed by atoms with E-state index in [2.05, 4.69) is 0 Å². The number of fused-ring (bicyclic) bond motifs is 1. The average Bonchev–Trinajstić information content (AvgIpc) is 3.29. The van der Waals surface area contributed by atoms with Crippen molar-refractivity contribution in [1.29, 1.82) is 0 Å². The number of aliphatic carboxylic acids is 1. The van der Waals surface area contributed by atoms with Crippen LogP contribution < -0.4 is 4.74 Å². The van der Waals surface area contributed by atoms with Crippen LogP contribution in [0.2, 0.25) is 0 Å². The number of carboxylic acid groups (broad SMARTS) is 1. The number of hydrogen-bond acceptors (Lipinski definition) is 13. The van der Waals surface area contributed by atoms with E-state index in [1.165, 1.54) is 43.5 Å². The number of ether oxygens (including phenoxy) is 5. The van der Waals surface area contributed by atoms with Gasteiger partial charge in [-0.3, -0.25) is 0 Å². The number of carbonyl (C=O) groups excluding carboxylic acids is 1. The third-order valence-corrected chi connectivity index (χ3v) is 6.96. The molecule has 0 aromatic heterocycles. The quantitative estimate of drug-likeness (QED) is 0.104. The first-order chi connectivity index (χ1) is 19.0. The van der Waals surface area contributed by atoms with Gasteiger partial charge in [-0.25, -0.2) is 9.59 Å². The van der Waals surface area contributed by atoms with Crippen LogP contribution in [-0.2, 0) is 28.5 Å². The Hall–Kier alpha value is -3.50. The Labute approximate surface area is 227 Å². The topological polar surface area (TPSA) is 222 Å². The number of methoxy groups -OCH3 is 1. The third-order valence-electron chi connectivity index (χ3n) is 6.96. The van der Waals surface area contributed by atoms with Crippen LogP contribution >= 0.6 is 0 Å². The monoisotopic (exact) mass is 566 g/mol. The molecular formula is C26H30O14. The van der Waals surface area contributed by atoms with Crippen molar-refractivity contribution in [3.05, 3.63) is 53.8 Å². The van der Waals surface area contributed by atoms with Gasteiger partial charge >= 0.3 is 11.9 Å². The second-order valence-electron chi connectivity index (χ2n) is 9.49. The first-order valence-corrected chi connectivity index (χ1v) is 12.2. The fourth-order valence-corrected chi connectivity index (χ4v) is 4.78. The second-order valence-corrected chi connectivity index (χ2v) is 9.49. The summed E-state index contributed by atoms with van der Waals surface area (Å²) in [7, 11) is 1.37. The number of phenolic OH excluding ortho intramolecular Hbond substituents is 1. The summed E-state index contributed by atoms with van der Waals surface area (Å²) < 4.78 is 26.7. The summed E-state index contributed by atoms with van der Waals surface area (Å²) in [6, 6.07) is 4.39. The number of benzene rings is 1. The van der Waals surface area contributed by atoms with Gasteiger partial charge < -0.3 is 59.4 Å². The zero-order chi connectivity index (χ0) is 29.2. The van der Waals surface area contributed by atoms with Crippen LogP contribution in [0.25, 0.3) is 6.08 Å². The van der Waals surface area contributed by atoms with Gasteiger partial charge in [0, 0.05) is 12.0 Å². The van der Waals surface area contributed by atoms with Gasteiger partial charge in [0.05, 0.1) is 31.5 Å². The number of esters is 1. The van der Waals surface area contributed by atoms with Crippen LogP contribution in [0.3, 0.4) is 0 Å². The van der Waals surface area contributed by atoms with Gasteiger partial charge in [0.15, 0.2) is 17.8 Å². The molecule has 0 amide bonds. The lowest BCUT2D eigenvalue weighted by atomic mass is 9.79. The van der Waals surface area contributed by atoms with Crippen molar-refractivity contribution in [2.24, 2.45) is 11.8 Å². The Morgan fingerprint density at radius 2 is 1.88 bits per heavy atom. The number of rotatable bonds is 9. The molecule has 1 fully saturated rings. The Balaban J connectivity index is 1.49. The van der Waals surface area contributed by atoms with Gasteiger partial charge in [-0.05, 0) is 23.8 Å². The zero-order valence-corrected chi connectivity index (χ0v) is 21.1. The molecule has 0 unspecified atom stereocenters. The van der Waals surface area contributed by atoms with E-state index in [0.29, 0.717) is 5.56 Å². The number of aromatic hydroxyl groups is 1. The molecule has 1 aromatic rings. The van der Waals surface area contributed by atoms with E-state index in [-0.39, 0.29) is 17.1 Å². The molecule has 218 valence electrons. The third kappa shape index (κ3) is 5.83. The lowest BCUT2D eigenvalue weighted by molar-refractivity contribution is -0.346. The minimum atomic E-state index is -2.00. The van der Waals surface area contributed by atoms with E-state index in [0.717, 1.165) is 12.3 Å². The highest BCUT2D eigenvalue weighted by molar-refractivity contribution is 5.88. The molecule has 0 bridgehead atoms. The molecule has 0 spiro atoms. The van der Waals surface area contributed by atoms with Gasteiger partial charge in [0.2, 0.25) is 6.29 Å². The van der Waals surface area contributed by atoms with Gasteiger partial charge in [-0.15, -0.1) is 0 Å². The van der Waals surface area contributed by atoms with Gasteiger partial charge in [-0.1, -0.05) is 18.2 Å². The number of aliphatic hydroxyl groups excluding tert-OH is 4. The summed E-state index contributed by atoms with van der Waals surface area (Å²) in [5.74, 6) is -4.26. The molecule has 40 heavy (non-hydrogen) atoms. The molecule has 0 saturated carbocycles. The number of hydrogen-bond donors (Lipinski definition) is 7.